The summed E-state index contributed by atoms with van der Waals surface area (Å²) in [5.41, 5.74) is 0.505. The Hall–Kier alpha value is -0.750. The van der Waals surface area contributed by atoms with Crippen molar-refractivity contribution in [2.45, 2.75) is 20.0 Å². The minimum absolute atomic E-state index is 0.0741. The lowest BCUT2D eigenvalue weighted by atomic mass is 10.3. The molecule has 0 unspecified atom stereocenters. The zero-order valence-corrected chi connectivity index (χ0v) is 11.7. The van der Waals surface area contributed by atoms with Crippen molar-refractivity contribution in [1.29, 1.82) is 0 Å². The second-order valence-electron chi connectivity index (χ2n) is 3.69. The van der Waals surface area contributed by atoms with Gasteiger partial charge in [0, 0.05) is 5.69 Å². The summed E-state index contributed by atoms with van der Waals surface area (Å²) in [6.07, 6.45) is 1.18. The quantitative estimate of drug-likeness (QED) is 0.930. The van der Waals surface area contributed by atoms with Gasteiger partial charge in [-0.2, -0.15) is 0 Å². The van der Waals surface area contributed by atoms with Gasteiger partial charge in [0.05, 0.1) is 16.8 Å². The lowest BCUT2D eigenvalue weighted by Crippen LogP contribution is -2.10. The molecule has 0 aromatic heterocycles. The highest BCUT2D eigenvalue weighted by Gasteiger charge is 2.07. The van der Waals surface area contributed by atoms with Crippen LogP contribution in [0.25, 0.3) is 0 Å². The molecule has 4 nitrogen and oxygen atoms in total. The topological polar surface area (TPSA) is 55.4 Å². The van der Waals surface area contributed by atoms with Crippen LogP contribution in [0.4, 0.5) is 5.69 Å². The van der Waals surface area contributed by atoms with Crippen molar-refractivity contribution >= 4 is 31.6 Å². The summed E-state index contributed by atoms with van der Waals surface area (Å²) in [7, 11) is -3.24. The van der Waals surface area contributed by atoms with E-state index < -0.39 is 10.0 Å². The van der Waals surface area contributed by atoms with Crippen LogP contribution in [0, 0.1) is 0 Å². The van der Waals surface area contributed by atoms with Crippen molar-refractivity contribution in [3.8, 4) is 5.75 Å². The zero-order chi connectivity index (χ0) is 12.3. The Morgan fingerprint density at radius 1 is 1.38 bits per heavy atom. The summed E-state index contributed by atoms with van der Waals surface area (Å²) >= 11 is 3.32. The van der Waals surface area contributed by atoms with Gasteiger partial charge in [0.2, 0.25) is 10.0 Å². The van der Waals surface area contributed by atoms with Crippen LogP contribution in [-0.4, -0.2) is 20.8 Å². The molecule has 0 radical (unpaired) electrons. The van der Waals surface area contributed by atoms with Gasteiger partial charge in [-0.15, -0.1) is 0 Å². The maximum absolute atomic E-state index is 11.0. The van der Waals surface area contributed by atoms with Gasteiger partial charge in [0.1, 0.15) is 5.75 Å². The molecular formula is C10H14BrNO3S. The minimum Gasteiger partial charge on any atom is -0.490 e. The summed E-state index contributed by atoms with van der Waals surface area (Å²) in [6, 6.07) is 5.04. The number of halogens is 1. The summed E-state index contributed by atoms with van der Waals surface area (Å²) in [5.74, 6) is 0.689. The molecule has 0 heterocycles. The lowest BCUT2D eigenvalue weighted by molar-refractivity contribution is 0.241. The molecule has 0 atom stereocenters. The average molecular weight is 308 g/mol. The van der Waals surface area contributed by atoms with E-state index in [0.717, 1.165) is 10.7 Å². The second-order valence-corrected chi connectivity index (χ2v) is 6.29. The monoisotopic (exact) mass is 307 g/mol. The van der Waals surface area contributed by atoms with Crippen molar-refractivity contribution in [3.05, 3.63) is 22.7 Å². The van der Waals surface area contributed by atoms with Crippen LogP contribution < -0.4 is 9.46 Å². The van der Waals surface area contributed by atoms with Gasteiger partial charge in [-0.25, -0.2) is 8.42 Å². The smallest absolute Gasteiger partial charge is 0.229 e. The molecule has 16 heavy (non-hydrogen) atoms. The fraction of sp³-hybridized carbons (Fsp3) is 0.400. The predicted molar refractivity (Wildman–Crippen MR) is 68.4 cm³/mol. The standard InChI is InChI=1S/C10H14BrNO3S/c1-7(2)15-10-5-4-8(6-9(10)11)12-16(3,13)14/h4-7,12H,1-3H3. The SMILES string of the molecule is CC(C)Oc1ccc(NS(C)(=O)=O)cc1Br. The predicted octanol–water partition coefficient (Wildman–Crippen LogP) is 2.61. The van der Waals surface area contributed by atoms with E-state index in [1.165, 1.54) is 0 Å². The van der Waals surface area contributed by atoms with E-state index in [0.29, 0.717) is 11.4 Å². The maximum Gasteiger partial charge on any atom is 0.229 e. The van der Waals surface area contributed by atoms with Crippen LogP contribution in [-0.2, 0) is 10.0 Å². The minimum atomic E-state index is -3.24. The molecule has 0 amide bonds. The average Bonchev–Trinajstić information content (AvgIpc) is 2.06. The highest BCUT2D eigenvalue weighted by molar-refractivity contribution is 9.10. The van der Waals surface area contributed by atoms with Crippen LogP contribution in [0.1, 0.15) is 13.8 Å². The molecule has 1 N–H and O–H groups in total. The van der Waals surface area contributed by atoms with E-state index in [4.69, 9.17) is 4.74 Å². The van der Waals surface area contributed by atoms with Gasteiger partial charge in [-0.05, 0) is 48.0 Å². The molecule has 0 spiro atoms. The van der Waals surface area contributed by atoms with Crippen molar-refractivity contribution in [2.75, 3.05) is 11.0 Å². The van der Waals surface area contributed by atoms with Gasteiger partial charge in [0.25, 0.3) is 0 Å². The molecule has 1 aromatic carbocycles. The van der Waals surface area contributed by atoms with Gasteiger partial charge < -0.3 is 4.74 Å². The van der Waals surface area contributed by atoms with E-state index >= 15 is 0 Å². The summed E-state index contributed by atoms with van der Waals surface area (Å²) in [4.78, 5) is 0. The van der Waals surface area contributed by atoms with Crippen molar-refractivity contribution in [1.82, 2.24) is 0 Å². The van der Waals surface area contributed by atoms with Crippen LogP contribution in [0.5, 0.6) is 5.75 Å². The van der Waals surface area contributed by atoms with Crippen LogP contribution >= 0.6 is 15.9 Å². The molecule has 0 saturated carbocycles. The third-order valence-electron chi connectivity index (χ3n) is 1.60. The Morgan fingerprint density at radius 2 is 2.00 bits per heavy atom. The van der Waals surface area contributed by atoms with Crippen LogP contribution in [0.3, 0.4) is 0 Å². The number of hydrogen-bond acceptors (Lipinski definition) is 3. The normalized spacial score (nSPS) is 11.6. The second kappa shape index (κ2) is 5.05. The van der Waals surface area contributed by atoms with Crippen molar-refractivity contribution in [2.24, 2.45) is 0 Å². The number of hydrogen-bond donors (Lipinski definition) is 1. The fourth-order valence-corrected chi connectivity index (χ4v) is 2.16. The number of anilines is 1. The third-order valence-corrected chi connectivity index (χ3v) is 2.82. The summed E-state index contributed by atoms with van der Waals surface area (Å²) in [6.45, 7) is 3.85. The summed E-state index contributed by atoms with van der Waals surface area (Å²) in [5, 5.41) is 0. The first kappa shape index (κ1) is 13.3. The Balaban J connectivity index is 2.91. The first-order valence-electron chi connectivity index (χ1n) is 4.72. The summed E-state index contributed by atoms with van der Waals surface area (Å²) < 4.78 is 30.6. The molecule has 0 fully saturated rings. The zero-order valence-electron chi connectivity index (χ0n) is 9.32. The maximum atomic E-state index is 11.0. The van der Waals surface area contributed by atoms with E-state index in [1.54, 1.807) is 18.2 Å². The Morgan fingerprint density at radius 3 is 2.44 bits per heavy atom. The highest BCUT2D eigenvalue weighted by Crippen LogP contribution is 2.29. The van der Waals surface area contributed by atoms with Gasteiger partial charge in [-0.3, -0.25) is 4.72 Å². The Kier molecular flexibility index (Phi) is 4.21. The number of ether oxygens (including phenoxy) is 1. The largest absolute Gasteiger partial charge is 0.490 e. The Bertz CT molecular complexity index is 471. The van der Waals surface area contributed by atoms with Crippen LogP contribution in [0.2, 0.25) is 0 Å². The molecule has 90 valence electrons. The molecule has 0 aliphatic rings. The number of benzene rings is 1. The van der Waals surface area contributed by atoms with Gasteiger partial charge in [0.15, 0.2) is 0 Å². The van der Waals surface area contributed by atoms with Crippen molar-refractivity contribution < 1.29 is 13.2 Å². The molecule has 0 bridgehead atoms. The first-order valence-corrected chi connectivity index (χ1v) is 7.40. The van der Waals surface area contributed by atoms with E-state index in [1.807, 2.05) is 13.8 Å². The number of rotatable bonds is 4. The molecule has 0 aliphatic heterocycles. The van der Waals surface area contributed by atoms with Crippen LogP contribution in [0.15, 0.2) is 22.7 Å². The molecule has 1 aromatic rings. The highest BCUT2D eigenvalue weighted by atomic mass is 79.9. The number of nitrogens with one attached hydrogen (secondary N) is 1. The first-order chi connectivity index (χ1) is 7.28. The van der Waals surface area contributed by atoms with Crippen molar-refractivity contribution in [3.63, 3.8) is 0 Å². The fourth-order valence-electron chi connectivity index (χ4n) is 1.13. The third kappa shape index (κ3) is 4.40. The Labute approximate surface area is 104 Å². The van der Waals surface area contributed by atoms with Gasteiger partial charge >= 0.3 is 0 Å². The molecule has 0 aliphatic carbocycles. The van der Waals surface area contributed by atoms with Gasteiger partial charge in [-0.1, -0.05) is 0 Å². The molecule has 1 rings (SSSR count). The van der Waals surface area contributed by atoms with E-state index in [-0.39, 0.29) is 6.10 Å². The molecular weight excluding hydrogens is 294 g/mol. The molecule has 6 heteroatoms. The van der Waals surface area contributed by atoms with E-state index in [9.17, 15) is 8.42 Å². The molecule has 0 saturated heterocycles. The lowest BCUT2D eigenvalue weighted by Gasteiger charge is -2.12. The van der Waals surface area contributed by atoms with E-state index in [2.05, 4.69) is 20.7 Å². The number of sulfonamides is 1.